The standard InChI is InChI=1S/C23H23Cl2FN4O3/c24-16-1-2-17(22(26)21(16)25)30-23-15-9-19(32-13-3-6-27-7-4-13)20(10-18(15)28-12-29-23)33-14-5-8-31-11-14/h1-2,9-10,12-14,27H,3-8,11H2,(H,28,29,30)/t14-/m0/s1. The Bertz CT molecular complexity index is 1150. The molecule has 3 aromatic rings. The molecule has 0 aliphatic carbocycles. The highest BCUT2D eigenvalue weighted by atomic mass is 35.5. The number of ether oxygens (including phenoxy) is 3. The van der Waals surface area contributed by atoms with E-state index in [-0.39, 0.29) is 27.9 Å². The van der Waals surface area contributed by atoms with Crippen LogP contribution in [0, 0.1) is 5.82 Å². The van der Waals surface area contributed by atoms with Gasteiger partial charge < -0.3 is 24.8 Å². The Morgan fingerprint density at radius 1 is 1.03 bits per heavy atom. The largest absolute Gasteiger partial charge is 0.486 e. The first-order valence-corrected chi connectivity index (χ1v) is 11.6. The van der Waals surface area contributed by atoms with E-state index in [4.69, 9.17) is 37.4 Å². The fourth-order valence-corrected chi connectivity index (χ4v) is 4.29. The number of hydrogen-bond acceptors (Lipinski definition) is 7. The van der Waals surface area contributed by atoms with Crippen LogP contribution in [0.15, 0.2) is 30.6 Å². The molecule has 0 amide bonds. The quantitative estimate of drug-likeness (QED) is 0.462. The summed E-state index contributed by atoms with van der Waals surface area (Å²) < 4.78 is 32.7. The van der Waals surface area contributed by atoms with Crippen LogP contribution in [0.4, 0.5) is 15.9 Å². The van der Waals surface area contributed by atoms with E-state index in [1.54, 1.807) is 0 Å². The molecule has 0 radical (unpaired) electrons. The van der Waals surface area contributed by atoms with E-state index in [0.29, 0.717) is 41.4 Å². The van der Waals surface area contributed by atoms with Crippen LogP contribution in [-0.2, 0) is 4.74 Å². The highest BCUT2D eigenvalue weighted by Gasteiger charge is 2.23. The lowest BCUT2D eigenvalue weighted by Gasteiger charge is -2.26. The highest BCUT2D eigenvalue weighted by molar-refractivity contribution is 6.42. The van der Waals surface area contributed by atoms with Gasteiger partial charge >= 0.3 is 0 Å². The summed E-state index contributed by atoms with van der Waals surface area (Å²) in [4.78, 5) is 8.72. The Kier molecular flexibility index (Phi) is 6.69. The van der Waals surface area contributed by atoms with Crippen LogP contribution in [0.3, 0.4) is 0 Å². The minimum Gasteiger partial charge on any atom is -0.486 e. The molecule has 0 spiro atoms. The second-order valence-electron chi connectivity index (χ2n) is 8.06. The summed E-state index contributed by atoms with van der Waals surface area (Å²) in [5.41, 5.74) is 0.799. The summed E-state index contributed by atoms with van der Waals surface area (Å²) in [7, 11) is 0. The van der Waals surface area contributed by atoms with E-state index >= 15 is 0 Å². The first kappa shape index (κ1) is 22.4. The normalized spacial score (nSPS) is 19.1. The van der Waals surface area contributed by atoms with Gasteiger partial charge in [-0.25, -0.2) is 14.4 Å². The maximum absolute atomic E-state index is 14.6. The van der Waals surface area contributed by atoms with Crippen molar-refractivity contribution in [1.29, 1.82) is 0 Å². The van der Waals surface area contributed by atoms with Crippen molar-refractivity contribution in [3.8, 4) is 11.5 Å². The van der Waals surface area contributed by atoms with Crippen LogP contribution in [0.5, 0.6) is 11.5 Å². The number of hydrogen-bond donors (Lipinski definition) is 2. The summed E-state index contributed by atoms with van der Waals surface area (Å²) in [6.07, 6.45) is 4.06. The molecule has 2 N–H and O–H groups in total. The molecule has 2 aromatic carbocycles. The molecular weight excluding hydrogens is 470 g/mol. The molecule has 2 aliphatic heterocycles. The summed E-state index contributed by atoms with van der Waals surface area (Å²) in [5, 5.41) is 7.01. The lowest BCUT2D eigenvalue weighted by Crippen LogP contribution is -2.34. The molecule has 2 saturated heterocycles. The van der Waals surface area contributed by atoms with Crippen molar-refractivity contribution < 1.29 is 18.6 Å². The van der Waals surface area contributed by atoms with Gasteiger partial charge in [0.15, 0.2) is 17.3 Å². The second kappa shape index (κ2) is 9.85. The van der Waals surface area contributed by atoms with E-state index in [0.717, 1.165) is 32.4 Å². The van der Waals surface area contributed by atoms with E-state index in [2.05, 4.69) is 20.6 Å². The first-order chi connectivity index (χ1) is 16.1. The van der Waals surface area contributed by atoms with Gasteiger partial charge in [0.2, 0.25) is 0 Å². The fraction of sp³-hybridized carbons (Fsp3) is 0.391. The van der Waals surface area contributed by atoms with Crippen molar-refractivity contribution in [2.24, 2.45) is 0 Å². The Balaban J connectivity index is 1.52. The molecule has 10 heteroatoms. The van der Waals surface area contributed by atoms with E-state index in [1.165, 1.54) is 18.5 Å². The zero-order valence-corrected chi connectivity index (χ0v) is 19.3. The molecule has 7 nitrogen and oxygen atoms in total. The van der Waals surface area contributed by atoms with Gasteiger partial charge in [0.05, 0.1) is 34.5 Å². The molecule has 5 rings (SSSR count). The number of halogens is 3. The molecule has 0 unspecified atom stereocenters. The monoisotopic (exact) mass is 492 g/mol. The third-order valence-electron chi connectivity index (χ3n) is 5.75. The minimum absolute atomic E-state index is 0.0393. The third-order valence-corrected chi connectivity index (χ3v) is 6.53. The number of fused-ring (bicyclic) bond motifs is 1. The molecule has 0 bridgehead atoms. The van der Waals surface area contributed by atoms with Crippen molar-refractivity contribution >= 4 is 45.6 Å². The van der Waals surface area contributed by atoms with Gasteiger partial charge in [0.1, 0.15) is 24.4 Å². The lowest BCUT2D eigenvalue weighted by molar-refractivity contribution is 0.125. The Hall–Kier alpha value is -2.39. The highest BCUT2D eigenvalue weighted by Crippen LogP contribution is 2.38. The summed E-state index contributed by atoms with van der Waals surface area (Å²) >= 11 is 11.9. The predicted octanol–water partition coefficient (Wildman–Crippen LogP) is 5.12. The van der Waals surface area contributed by atoms with Gasteiger partial charge in [-0.15, -0.1) is 0 Å². The molecule has 33 heavy (non-hydrogen) atoms. The Morgan fingerprint density at radius 3 is 2.61 bits per heavy atom. The van der Waals surface area contributed by atoms with Gasteiger partial charge in [0, 0.05) is 17.9 Å². The molecule has 1 aromatic heterocycles. The number of aromatic nitrogens is 2. The maximum Gasteiger partial charge on any atom is 0.166 e. The molecule has 2 aliphatic rings. The summed E-state index contributed by atoms with van der Waals surface area (Å²) in [6.45, 7) is 3.01. The van der Waals surface area contributed by atoms with Crippen LogP contribution >= 0.6 is 23.2 Å². The van der Waals surface area contributed by atoms with Crippen LogP contribution in [0.25, 0.3) is 10.9 Å². The number of piperidine rings is 1. The fourth-order valence-electron chi connectivity index (χ4n) is 3.98. The lowest BCUT2D eigenvalue weighted by atomic mass is 10.1. The van der Waals surface area contributed by atoms with E-state index in [9.17, 15) is 4.39 Å². The SMILES string of the molecule is Fc1c(Nc2ncnc3cc(O[C@H]4CCOC4)c(OC4CCNCC4)cc23)ccc(Cl)c1Cl. The van der Waals surface area contributed by atoms with Crippen molar-refractivity contribution in [1.82, 2.24) is 15.3 Å². The Morgan fingerprint density at radius 2 is 1.82 bits per heavy atom. The van der Waals surface area contributed by atoms with E-state index in [1.807, 2.05) is 12.1 Å². The zero-order valence-electron chi connectivity index (χ0n) is 17.7. The maximum atomic E-state index is 14.6. The predicted molar refractivity (Wildman–Crippen MR) is 126 cm³/mol. The topological polar surface area (TPSA) is 77.5 Å². The molecular formula is C23H23Cl2FN4O3. The van der Waals surface area contributed by atoms with E-state index < -0.39 is 5.82 Å². The first-order valence-electron chi connectivity index (χ1n) is 10.9. The molecule has 174 valence electrons. The summed E-state index contributed by atoms with van der Waals surface area (Å²) in [5.74, 6) is 0.988. The third kappa shape index (κ3) is 4.94. The number of nitrogens with one attached hydrogen (secondary N) is 2. The van der Waals surface area contributed by atoms with Gasteiger partial charge in [-0.2, -0.15) is 0 Å². The number of benzene rings is 2. The smallest absolute Gasteiger partial charge is 0.166 e. The van der Waals surface area contributed by atoms with Gasteiger partial charge in [-0.1, -0.05) is 23.2 Å². The van der Waals surface area contributed by atoms with Gasteiger partial charge in [0.25, 0.3) is 0 Å². The van der Waals surface area contributed by atoms with Crippen LogP contribution in [0.1, 0.15) is 19.3 Å². The number of anilines is 2. The van der Waals surface area contributed by atoms with Crippen molar-refractivity contribution in [2.75, 3.05) is 31.6 Å². The molecule has 1 atom stereocenters. The van der Waals surface area contributed by atoms with Crippen LogP contribution in [-0.4, -0.2) is 48.5 Å². The molecule has 0 saturated carbocycles. The summed E-state index contributed by atoms with van der Waals surface area (Å²) in [6, 6.07) is 6.73. The van der Waals surface area contributed by atoms with Crippen LogP contribution in [0.2, 0.25) is 10.0 Å². The van der Waals surface area contributed by atoms with Gasteiger partial charge in [-0.3, -0.25) is 0 Å². The number of nitrogens with zero attached hydrogens (tertiary/aromatic N) is 2. The van der Waals surface area contributed by atoms with Crippen LogP contribution < -0.4 is 20.1 Å². The minimum atomic E-state index is -0.650. The second-order valence-corrected chi connectivity index (χ2v) is 8.84. The average Bonchev–Trinajstić information content (AvgIpc) is 3.34. The zero-order chi connectivity index (χ0) is 22.8. The van der Waals surface area contributed by atoms with Crippen molar-refractivity contribution in [3.63, 3.8) is 0 Å². The average molecular weight is 493 g/mol. The molecule has 2 fully saturated rings. The van der Waals surface area contributed by atoms with Crippen molar-refractivity contribution in [3.05, 3.63) is 46.5 Å². The van der Waals surface area contributed by atoms with Gasteiger partial charge in [-0.05, 0) is 44.1 Å². The molecule has 3 heterocycles. The Labute approximate surface area is 200 Å². The van der Waals surface area contributed by atoms with Crippen molar-refractivity contribution in [2.45, 2.75) is 31.5 Å². The number of rotatable bonds is 6.